The van der Waals surface area contributed by atoms with Gasteiger partial charge in [0.1, 0.15) is 37.4 Å². The Labute approximate surface area is 279 Å². The Kier molecular flexibility index (Phi) is 10.9. The standard InChI is InChI=1S/C36H37F2N3O6S/c1-3-25(2)39-36(43)32(21-26-7-5-4-6-8-26)40(23-27-9-11-28(37)12-10-27)35(42)24-41(30-15-13-29(38)14-16-30)48(44,45)31-17-18-33-34(22-31)47-20-19-46-33/h4-18,22,25,32H,3,19-21,23-24H2,1-2H3,(H,39,43)/t25-,32-/m0/s1. The Morgan fingerprint density at radius 3 is 2.10 bits per heavy atom. The van der Waals surface area contributed by atoms with Gasteiger partial charge in [-0.3, -0.25) is 13.9 Å². The van der Waals surface area contributed by atoms with Crippen LogP contribution in [0, 0.1) is 11.6 Å². The first-order valence-electron chi connectivity index (χ1n) is 15.6. The van der Waals surface area contributed by atoms with Crippen LogP contribution in [0.15, 0.2) is 102 Å². The monoisotopic (exact) mass is 677 g/mol. The van der Waals surface area contributed by atoms with Crippen LogP contribution in [0.1, 0.15) is 31.4 Å². The SMILES string of the molecule is CC[C@H](C)NC(=O)[C@H](Cc1ccccc1)N(Cc1ccc(F)cc1)C(=O)CN(c1ccc(F)cc1)S(=O)(=O)c1ccc2c(c1)OCCO2. The smallest absolute Gasteiger partial charge is 0.264 e. The van der Waals surface area contributed by atoms with Gasteiger partial charge in [-0.05, 0) is 73.0 Å². The summed E-state index contributed by atoms with van der Waals surface area (Å²) in [5.74, 6) is -1.58. The number of carbonyl (C=O) groups excluding carboxylic acids is 2. The molecule has 252 valence electrons. The molecule has 0 fully saturated rings. The first-order valence-corrected chi connectivity index (χ1v) is 17.1. The van der Waals surface area contributed by atoms with Gasteiger partial charge in [-0.2, -0.15) is 0 Å². The zero-order chi connectivity index (χ0) is 34.3. The van der Waals surface area contributed by atoms with Crippen molar-refractivity contribution in [1.29, 1.82) is 0 Å². The van der Waals surface area contributed by atoms with Gasteiger partial charge in [0, 0.05) is 25.1 Å². The van der Waals surface area contributed by atoms with E-state index in [1.54, 1.807) is 0 Å². The molecule has 1 heterocycles. The van der Waals surface area contributed by atoms with Gasteiger partial charge in [-0.25, -0.2) is 17.2 Å². The van der Waals surface area contributed by atoms with Crippen LogP contribution in [-0.2, 0) is 32.6 Å². The molecule has 0 saturated heterocycles. The maximum absolute atomic E-state index is 14.5. The van der Waals surface area contributed by atoms with Crippen LogP contribution in [-0.4, -0.2) is 57.0 Å². The van der Waals surface area contributed by atoms with Crippen molar-refractivity contribution in [3.8, 4) is 11.5 Å². The summed E-state index contributed by atoms with van der Waals surface area (Å²) in [6.07, 6.45) is 0.767. The predicted octanol–water partition coefficient (Wildman–Crippen LogP) is 5.49. The van der Waals surface area contributed by atoms with Crippen molar-refractivity contribution in [3.63, 3.8) is 0 Å². The van der Waals surface area contributed by atoms with Gasteiger partial charge in [0.25, 0.3) is 10.0 Å². The fourth-order valence-corrected chi connectivity index (χ4v) is 6.66. The fraction of sp³-hybridized carbons (Fsp3) is 0.278. The van der Waals surface area contributed by atoms with Crippen LogP contribution in [0.5, 0.6) is 11.5 Å². The predicted molar refractivity (Wildman–Crippen MR) is 177 cm³/mol. The lowest BCUT2D eigenvalue weighted by Gasteiger charge is -2.34. The Hall–Kier alpha value is -4.97. The van der Waals surface area contributed by atoms with Gasteiger partial charge in [0.05, 0.1) is 10.6 Å². The molecule has 0 spiro atoms. The van der Waals surface area contributed by atoms with Crippen molar-refractivity contribution in [1.82, 2.24) is 10.2 Å². The third-order valence-electron chi connectivity index (χ3n) is 8.03. The third-order valence-corrected chi connectivity index (χ3v) is 9.80. The minimum atomic E-state index is -4.46. The molecule has 4 aromatic rings. The second kappa shape index (κ2) is 15.3. The highest BCUT2D eigenvalue weighted by Gasteiger charge is 2.35. The number of amides is 2. The number of anilines is 1. The molecule has 12 heteroatoms. The Morgan fingerprint density at radius 1 is 0.833 bits per heavy atom. The summed E-state index contributed by atoms with van der Waals surface area (Å²) in [6, 6.07) is 22.3. The van der Waals surface area contributed by atoms with Gasteiger partial charge >= 0.3 is 0 Å². The zero-order valence-electron chi connectivity index (χ0n) is 26.6. The van der Waals surface area contributed by atoms with Crippen molar-refractivity contribution >= 4 is 27.5 Å². The largest absolute Gasteiger partial charge is 0.486 e. The van der Waals surface area contributed by atoms with E-state index >= 15 is 0 Å². The van der Waals surface area contributed by atoms with Crippen LogP contribution >= 0.6 is 0 Å². The number of ether oxygens (including phenoxy) is 2. The summed E-state index contributed by atoms with van der Waals surface area (Å²) >= 11 is 0. The molecule has 1 aliphatic heterocycles. The van der Waals surface area contributed by atoms with Crippen LogP contribution in [0.4, 0.5) is 14.5 Å². The summed E-state index contributed by atoms with van der Waals surface area (Å²) in [6.45, 7) is 3.46. The van der Waals surface area contributed by atoms with E-state index in [0.717, 1.165) is 22.0 Å². The normalized spacial score (nSPS) is 13.7. The second-order valence-corrected chi connectivity index (χ2v) is 13.3. The minimum Gasteiger partial charge on any atom is -0.486 e. The fourth-order valence-electron chi connectivity index (χ4n) is 5.23. The van der Waals surface area contributed by atoms with E-state index in [0.29, 0.717) is 24.3 Å². The number of hydrogen-bond acceptors (Lipinski definition) is 6. The number of sulfonamides is 1. The molecule has 9 nitrogen and oxygen atoms in total. The molecule has 2 amide bonds. The molecule has 1 aliphatic rings. The molecule has 2 atom stereocenters. The van der Waals surface area contributed by atoms with Gasteiger partial charge in [0.2, 0.25) is 11.8 Å². The molecule has 0 saturated carbocycles. The van der Waals surface area contributed by atoms with E-state index in [4.69, 9.17) is 9.47 Å². The first kappa shape index (κ1) is 34.4. The molecule has 1 N–H and O–H groups in total. The maximum atomic E-state index is 14.5. The molecule has 5 rings (SSSR count). The summed E-state index contributed by atoms with van der Waals surface area (Å²) in [5, 5.41) is 2.96. The minimum absolute atomic E-state index is 0.0324. The lowest BCUT2D eigenvalue weighted by Crippen LogP contribution is -2.54. The van der Waals surface area contributed by atoms with Crippen molar-refractivity contribution < 1.29 is 36.3 Å². The molecule has 48 heavy (non-hydrogen) atoms. The van der Waals surface area contributed by atoms with Crippen molar-refractivity contribution in [3.05, 3.63) is 120 Å². The Morgan fingerprint density at radius 2 is 1.46 bits per heavy atom. The quantitative estimate of drug-likeness (QED) is 0.201. The van der Waals surface area contributed by atoms with Crippen LogP contribution in [0.3, 0.4) is 0 Å². The summed E-state index contributed by atoms with van der Waals surface area (Å²) in [7, 11) is -4.46. The van der Waals surface area contributed by atoms with E-state index in [2.05, 4.69) is 5.32 Å². The molecule has 0 aromatic heterocycles. The molecule has 4 aromatic carbocycles. The lowest BCUT2D eigenvalue weighted by atomic mass is 10.0. The average Bonchev–Trinajstić information content (AvgIpc) is 3.10. The number of carbonyl (C=O) groups is 2. The lowest BCUT2D eigenvalue weighted by molar-refractivity contribution is -0.140. The van der Waals surface area contributed by atoms with E-state index in [1.165, 1.54) is 59.5 Å². The molecule has 0 radical (unpaired) electrons. The Balaban J connectivity index is 1.57. The maximum Gasteiger partial charge on any atom is 0.264 e. The highest BCUT2D eigenvalue weighted by molar-refractivity contribution is 7.92. The topological polar surface area (TPSA) is 105 Å². The van der Waals surface area contributed by atoms with Crippen LogP contribution < -0.4 is 19.1 Å². The van der Waals surface area contributed by atoms with Gasteiger partial charge in [-0.1, -0.05) is 49.4 Å². The Bertz CT molecular complexity index is 1820. The first-order chi connectivity index (χ1) is 23.0. The van der Waals surface area contributed by atoms with Crippen LogP contribution in [0.25, 0.3) is 0 Å². The summed E-state index contributed by atoms with van der Waals surface area (Å²) in [4.78, 5) is 29.5. The number of nitrogens with zero attached hydrogens (tertiary/aromatic N) is 2. The van der Waals surface area contributed by atoms with Crippen molar-refractivity contribution in [2.24, 2.45) is 0 Å². The summed E-state index contributed by atoms with van der Waals surface area (Å²) < 4.78 is 68.5. The van der Waals surface area contributed by atoms with Crippen LogP contribution in [0.2, 0.25) is 0 Å². The number of hydrogen-bond donors (Lipinski definition) is 1. The highest BCUT2D eigenvalue weighted by Crippen LogP contribution is 2.34. The third kappa shape index (κ3) is 8.29. The molecule has 0 bridgehead atoms. The van der Waals surface area contributed by atoms with E-state index < -0.39 is 46.1 Å². The van der Waals surface area contributed by atoms with E-state index in [1.807, 2.05) is 44.2 Å². The highest BCUT2D eigenvalue weighted by atomic mass is 32.2. The van der Waals surface area contributed by atoms with Gasteiger partial charge < -0.3 is 19.7 Å². The molecular weight excluding hydrogens is 640 g/mol. The number of rotatable bonds is 13. The van der Waals surface area contributed by atoms with Gasteiger partial charge in [0.15, 0.2) is 11.5 Å². The number of fused-ring (bicyclic) bond motifs is 1. The van der Waals surface area contributed by atoms with Crippen molar-refractivity contribution in [2.75, 3.05) is 24.1 Å². The van der Waals surface area contributed by atoms with Crippen molar-refractivity contribution in [2.45, 2.75) is 50.2 Å². The molecule has 0 unspecified atom stereocenters. The second-order valence-electron chi connectivity index (χ2n) is 11.5. The summed E-state index contributed by atoms with van der Waals surface area (Å²) in [5.41, 5.74) is 1.34. The number of nitrogens with one attached hydrogen (secondary N) is 1. The molecular formula is C36H37F2N3O6S. The number of halogens is 2. The zero-order valence-corrected chi connectivity index (χ0v) is 27.5. The molecule has 0 aliphatic carbocycles. The van der Waals surface area contributed by atoms with Gasteiger partial charge in [-0.15, -0.1) is 0 Å². The average molecular weight is 678 g/mol. The van der Waals surface area contributed by atoms with E-state index in [9.17, 15) is 26.8 Å². The number of benzene rings is 4. The van der Waals surface area contributed by atoms with E-state index in [-0.39, 0.29) is 41.9 Å².